The molecule has 0 aliphatic heterocycles. The Kier molecular flexibility index (Phi) is 4.07. The van der Waals surface area contributed by atoms with Crippen molar-refractivity contribution < 1.29 is 9.53 Å². The Bertz CT molecular complexity index is 1250. The molecule has 0 radical (unpaired) electrons. The average molecular weight is 465 g/mol. The summed E-state index contributed by atoms with van der Waals surface area (Å²) in [4.78, 5) is 14.3. The Morgan fingerprint density at radius 3 is 2.00 bits per heavy atom. The predicted octanol–water partition coefficient (Wildman–Crippen LogP) is 7.30. The maximum absolute atomic E-state index is 14.3. The molecule has 2 aromatic carbocycles. The van der Waals surface area contributed by atoms with E-state index in [0.29, 0.717) is 5.92 Å². The van der Waals surface area contributed by atoms with Crippen molar-refractivity contribution in [2.45, 2.75) is 75.7 Å². The maximum atomic E-state index is 14.3. The lowest BCUT2D eigenvalue weighted by molar-refractivity contribution is -0.291. The Balaban J connectivity index is 1.45. The largest absolute Gasteiger partial charge is 0.460 e. The van der Waals surface area contributed by atoms with Gasteiger partial charge in [0.05, 0.1) is 5.41 Å². The number of rotatable bonds is 4. The van der Waals surface area contributed by atoms with Gasteiger partial charge in [-0.05, 0) is 81.8 Å². The van der Waals surface area contributed by atoms with E-state index < -0.39 is 11.0 Å². The Hall–Kier alpha value is -2.61. The SMILES string of the molecule is CC(C)(C)OC(=O)C12CC3(C4C=CC=CC4)CC4(c5ccccc5)CC(c5ccccc5)(C1)C24C3. The van der Waals surface area contributed by atoms with Crippen molar-refractivity contribution in [3.05, 3.63) is 96.1 Å². The summed E-state index contributed by atoms with van der Waals surface area (Å²) in [5.41, 5.74) is 2.15. The fourth-order valence-corrected chi connectivity index (χ4v) is 10.2. The van der Waals surface area contributed by atoms with Crippen LogP contribution in [0.2, 0.25) is 0 Å². The van der Waals surface area contributed by atoms with Gasteiger partial charge in [-0.3, -0.25) is 4.79 Å². The molecule has 180 valence electrons. The van der Waals surface area contributed by atoms with Crippen molar-refractivity contribution in [2.24, 2.45) is 22.2 Å². The van der Waals surface area contributed by atoms with Crippen LogP contribution in [0.15, 0.2) is 85.0 Å². The zero-order chi connectivity index (χ0) is 24.2. The lowest BCUT2D eigenvalue weighted by atomic mass is 9.18. The van der Waals surface area contributed by atoms with E-state index in [0.717, 1.165) is 32.1 Å². The molecule has 0 amide bonds. The zero-order valence-electron chi connectivity index (χ0n) is 21.2. The highest BCUT2D eigenvalue weighted by Crippen LogP contribution is 2.98. The average Bonchev–Trinajstić information content (AvgIpc) is 3.30. The fourth-order valence-electron chi connectivity index (χ4n) is 10.2. The second-order valence-electron chi connectivity index (χ2n) is 13.3. The van der Waals surface area contributed by atoms with Crippen molar-refractivity contribution >= 4 is 5.97 Å². The van der Waals surface area contributed by atoms with E-state index in [2.05, 4.69) is 85.0 Å². The third-order valence-electron chi connectivity index (χ3n) is 10.8. The molecule has 2 aromatic rings. The number of allylic oxidation sites excluding steroid dienone is 4. The highest BCUT2D eigenvalue weighted by molar-refractivity contribution is 5.85. The van der Waals surface area contributed by atoms with Gasteiger partial charge in [-0.15, -0.1) is 0 Å². The maximum Gasteiger partial charge on any atom is 0.313 e. The van der Waals surface area contributed by atoms with Crippen LogP contribution in [0.3, 0.4) is 0 Å². The molecule has 5 aliphatic rings. The summed E-state index contributed by atoms with van der Waals surface area (Å²) in [5.74, 6) is 0.555. The number of benzene rings is 2. The first-order chi connectivity index (χ1) is 16.7. The fraction of sp³-hybridized carbons (Fsp3) is 0.485. The molecule has 2 heteroatoms. The topological polar surface area (TPSA) is 26.3 Å². The summed E-state index contributed by atoms with van der Waals surface area (Å²) in [5, 5.41) is 0. The minimum absolute atomic E-state index is 0.0342. The van der Waals surface area contributed by atoms with Gasteiger partial charge in [0.2, 0.25) is 0 Å². The molecular weight excluding hydrogens is 428 g/mol. The number of ether oxygens (including phenoxy) is 1. The third kappa shape index (κ3) is 2.35. The molecule has 4 fully saturated rings. The molecule has 0 N–H and O–H groups in total. The van der Waals surface area contributed by atoms with E-state index in [1.165, 1.54) is 17.5 Å². The summed E-state index contributed by atoms with van der Waals surface area (Å²) in [6.07, 6.45) is 15.6. The van der Waals surface area contributed by atoms with Crippen molar-refractivity contribution in [1.82, 2.24) is 0 Å². The minimum atomic E-state index is -0.477. The monoisotopic (exact) mass is 464 g/mol. The van der Waals surface area contributed by atoms with Crippen molar-refractivity contribution in [2.75, 3.05) is 0 Å². The third-order valence-corrected chi connectivity index (χ3v) is 10.8. The molecule has 2 bridgehead atoms. The van der Waals surface area contributed by atoms with Gasteiger partial charge < -0.3 is 4.74 Å². The predicted molar refractivity (Wildman–Crippen MR) is 139 cm³/mol. The summed E-state index contributed by atoms with van der Waals surface area (Å²) < 4.78 is 6.29. The van der Waals surface area contributed by atoms with Crippen molar-refractivity contribution in [3.8, 4) is 0 Å². The van der Waals surface area contributed by atoms with Crippen molar-refractivity contribution in [3.63, 3.8) is 0 Å². The first kappa shape index (κ1) is 21.7. The van der Waals surface area contributed by atoms with E-state index >= 15 is 0 Å². The van der Waals surface area contributed by atoms with Crippen LogP contribution in [-0.2, 0) is 20.4 Å². The molecule has 7 rings (SSSR count). The van der Waals surface area contributed by atoms with Gasteiger partial charge in [-0.2, -0.15) is 0 Å². The quantitative estimate of drug-likeness (QED) is 0.444. The molecule has 6 atom stereocenters. The highest BCUT2D eigenvalue weighted by atomic mass is 16.6. The summed E-state index contributed by atoms with van der Waals surface area (Å²) in [7, 11) is 0. The standard InChI is InChI=1S/C33H36O2/c1-28(2,3)35-27(34)32-20-29(24-13-7-4-8-14-24)19-30(25-15-9-5-10-16-25)22-31(23-32,33(30,32)21-29)26-17-11-6-12-18-26/h4-13,15-18,24H,14,19-23H2,1-3H3. The van der Waals surface area contributed by atoms with Gasteiger partial charge in [0.1, 0.15) is 5.60 Å². The van der Waals surface area contributed by atoms with Crippen LogP contribution in [0.5, 0.6) is 0 Å². The first-order valence-electron chi connectivity index (χ1n) is 13.4. The number of carbonyl (C=O) groups excluding carboxylic acids is 1. The van der Waals surface area contributed by atoms with Gasteiger partial charge in [-0.25, -0.2) is 0 Å². The smallest absolute Gasteiger partial charge is 0.313 e. The van der Waals surface area contributed by atoms with E-state index in [4.69, 9.17) is 4.74 Å². The highest BCUT2D eigenvalue weighted by Gasteiger charge is 2.97. The first-order valence-corrected chi connectivity index (χ1v) is 13.4. The Morgan fingerprint density at radius 1 is 0.800 bits per heavy atom. The normalized spacial score (nSPS) is 42.2. The summed E-state index contributed by atoms with van der Waals surface area (Å²) in [6.45, 7) is 6.06. The van der Waals surface area contributed by atoms with Crippen LogP contribution >= 0.6 is 0 Å². The van der Waals surface area contributed by atoms with Crippen LogP contribution in [0, 0.1) is 22.2 Å². The van der Waals surface area contributed by atoms with Crippen LogP contribution in [0.25, 0.3) is 0 Å². The molecule has 4 saturated carbocycles. The number of hydrogen-bond acceptors (Lipinski definition) is 2. The Morgan fingerprint density at radius 2 is 1.43 bits per heavy atom. The molecule has 2 nitrogen and oxygen atoms in total. The second-order valence-corrected chi connectivity index (χ2v) is 13.3. The number of fused-ring (bicyclic) bond motifs is 1. The van der Waals surface area contributed by atoms with Gasteiger partial charge >= 0.3 is 5.97 Å². The number of hydrogen-bond donors (Lipinski definition) is 0. The molecule has 5 aliphatic carbocycles. The van der Waals surface area contributed by atoms with E-state index in [9.17, 15) is 4.79 Å². The minimum Gasteiger partial charge on any atom is -0.460 e. The molecule has 0 aromatic heterocycles. The molecule has 35 heavy (non-hydrogen) atoms. The van der Waals surface area contributed by atoms with E-state index in [-0.39, 0.29) is 27.6 Å². The lowest BCUT2D eigenvalue weighted by Crippen LogP contribution is -2.84. The van der Waals surface area contributed by atoms with Gasteiger partial charge in [0, 0.05) is 16.2 Å². The molecule has 0 heterocycles. The van der Waals surface area contributed by atoms with Gasteiger partial charge in [0.25, 0.3) is 0 Å². The molecule has 0 saturated heterocycles. The summed E-state index contributed by atoms with van der Waals surface area (Å²) >= 11 is 0. The zero-order valence-corrected chi connectivity index (χ0v) is 21.2. The Labute approximate surface area is 209 Å². The van der Waals surface area contributed by atoms with E-state index in [1.54, 1.807) is 0 Å². The second kappa shape index (κ2) is 6.58. The number of carbonyl (C=O) groups is 1. The summed E-state index contributed by atoms with van der Waals surface area (Å²) in [6, 6.07) is 22.3. The van der Waals surface area contributed by atoms with Crippen LogP contribution < -0.4 is 0 Å². The van der Waals surface area contributed by atoms with Crippen LogP contribution in [-0.4, -0.2) is 11.6 Å². The van der Waals surface area contributed by atoms with Gasteiger partial charge in [-0.1, -0.05) is 85.0 Å². The van der Waals surface area contributed by atoms with Crippen molar-refractivity contribution in [1.29, 1.82) is 0 Å². The lowest BCUT2D eigenvalue weighted by Gasteiger charge is -2.83. The number of esters is 1. The van der Waals surface area contributed by atoms with Crippen LogP contribution in [0.4, 0.5) is 0 Å². The van der Waals surface area contributed by atoms with Gasteiger partial charge in [0.15, 0.2) is 0 Å². The molecular formula is C33H36O2. The van der Waals surface area contributed by atoms with Crippen LogP contribution in [0.1, 0.15) is 70.4 Å². The molecule has 1 spiro atoms. The van der Waals surface area contributed by atoms with E-state index in [1.807, 2.05) is 20.8 Å². The molecule has 6 unspecified atom stereocenters.